The minimum absolute atomic E-state index is 0.431. The van der Waals surface area contributed by atoms with Crippen molar-refractivity contribution in [2.24, 2.45) is 0 Å². The van der Waals surface area contributed by atoms with E-state index in [4.69, 9.17) is 11.6 Å². The van der Waals surface area contributed by atoms with E-state index in [0.717, 1.165) is 16.1 Å². The Morgan fingerprint density at radius 2 is 2.38 bits per heavy atom. The third-order valence-corrected chi connectivity index (χ3v) is 5.76. The second-order valence-corrected chi connectivity index (χ2v) is 7.42. The average Bonchev–Trinajstić information content (AvgIpc) is 2.74. The van der Waals surface area contributed by atoms with Crippen LogP contribution < -0.4 is 5.32 Å². The molecule has 1 fully saturated rings. The molecule has 1 nitrogen and oxygen atoms in total. The van der Waals surface area contributed by atoms with Crippen LogP contribution in [0.1, 0.15) is 37.1 Å². The highest BCUT2D eigenvalue weighted by molar-refractivity contribution is 7.99. The Kier molecular flexibility index (Phi) is 5.01. The summed E-state index contributed by atoms with van der Waals surface area (Å²) in [6.45, 7) is 3.34. The van der Waals surface area contributed by atoms with Crippen LogP contribution in [0, 0.1) is 0 Å². The zero-order valence-electron chi connectivity index (χ0n) is 9.54. The molecule has 1 N–H and O–H groups in total. The molecule has 90 valence electrons. The van der Waals surface area contributed by atoms with Gasteiger partial charge in [-0.05, 0) is 37.7 Å². The monoisotopic (exact) mass is 275 g/mol. The van der Waals surface area contributed by atoms with Crippen LogP contribution in [0.2, 0.25) is 4.34 Å². The van der Waals surface area contributed by atoms with Gasteiger partial charge in [-0.2, -0.15) is 11.8 Å². The van der Waals surface area contributed by atoms with E-state index < -0.39 is 0 Å². The van der Waals surface area contributed by atoms with Gasteiger partial charge >= 0.3 is 0 Å². The molecule has 0 saturated carbocycles. The molecule has 0 radical (unpaired) electrons. The fourth-order valence-corrected chi connectivity index (χ4v) is 4.28. The third-order valence-electron chi connectivity index (χ3n) is 2.95. The standard InChI is InChI=1S/C12H18ClNS2/c1-9(11-5-6-12(13)16-11)14-8-10-4-2-3-7-15-10/h5-6,9-10,14H,2-4,7-8H2,1H3. The molecule has 1 aliphatic heterocycles. The van der Waals surface area contributed by atoms with Crippen molar-refractivity contribution < 1.29 is 0 Å². The molecule has 1 saturated heterocycles. The summed E-state index contributed by atoms with van der Waals surface area (Å²) in [4.78, 5) is 1.34. The lowest BCUT2D eigenvalue weighted by atomic mass is 10.2. The Hall–Kier alpha value is 0.300. The quantitative estimate of drug-likeness (QED) is 0.877. The summed E-state index contributed by atoms with van der Waals surface area (Å²) >= 11 is 9.74. The van der Waals surface area contributed by atoms with Gasteiger partial charge in [0.05, 0.1) is 4.34 Å². The van der Waals surface area contributed by atoms with E-state index >= 15 is 0 Å². The van der Waals surface area contributed by atoms with Gasteiger partial charge in [-0.3, -0.25) is 0 Å². The van der Waals surface area contributed by atoms with Gasteiger partial charge < -0.3 is 5.32 Å². The highest BCUT2D eigenvalue weighted by atomic mass is 35.5. The maximum Gasteiger partial charge on any atom is 0.0931 e. The van der Waals surface area contributed by atoms with Crippen LogP contribution in [0.5, 0.6) is 0 Å². The molecule has 0 bridgehead atoms. The van der Waals surface area contributed by atoms with Gasteiger partial charge in [-0.1, -0.05) is 18.0 Å². The molecule has 1 aliphatic rings. The Labute approximate surface area is 111 Å². The van der Waals surface area contributed by atoms with Crippen molar-refractivity contribution in [2.75, 3.05) is 12.3 Å². The average molecular weight is 276 g/mol. The van der Waals surface area contributed by atoms with Crippen LogP contribution in [0.25, 0.3) is 0 Å². The number of nitrogens with one attached hydrogen (secondary N) is 1. The fourth-order valence-electron chi connectivity index (χ4n) is 1.94. The van der Waals surface area contributed by atoms with Gasteiger partial charge in [-0.15, -0.1) is 11.3 Å². The van der Waals surface area contributed by atoms with Gasteiger partial charge in [0.25, 0.3) is 0 Å². The molecule has 0 spiro atoms. The molecule has 2 atom stereocenters. The zero-order chi connectivity index (χ0) is 11.4. The number of thioether (sulfide) groups is 1. The Balaban J connectivity index is 1.76. The molecule has 0 aliphatic carbocycles. The first kappa shape index (κ1) is 12.7. The molecule has 1 aromatic heterocycles. The first-order chi connectivity index (χ1) is 7.75. The van der Waals surface area contributed by atoms with Crippen LogP contribution in [0.4, 0.5) is 0 Å². The minimum atomic E-state index is 0.431. The van der Waals surface area contributed by atoms with E-state index in [9.17, 15) is 0 Å². The van der Waals surface area contributed by atoms with Crippen molar-refractivity contribution in [3.05, 3.63) is 21.3 Å². The normalized spacial score (nSPS) is 23.2. The Morgan fingerprint density at radius 3 is 3.00 bits per heavy atom. The molecule has 0 aromatic carbocycles. The zero-order valence-corrected chi connectivity index (χ0v) is 11.9. The molecule has 4 heteroatoms. The predicted molar refractivity (Wildman–Crippen MR) is 75.8 cm³/mol. The van der Waals surface area contributed by atoms with E-state index in [1.807, 2.05) is 6.07 Å². The van der Waals surface area contributed by atoms with Crippen molar-refractivity contribution in [3.8, 4) is 0 Å². The highest BCUT2D eigenvalue weighted by Crippen LogP contribution is 2.28. The second kappa shape index (κ2) is 6.29. The smallest absolute Gasteiger partial charge is 0.0931 e. The van der Waals surface area contributed by atoms with E-state index in [-0.39, 0.29) is 0 Å². The minimum Gasteiger partial charge on any atom is -0.308 e. The molecular weight excluding hydrogens is 258 g/mol. The second-order valence-electron chi connectivity index (χ2n) is 4.26. The van der Waals surface area contributed by atoms with Crippen LogP contribution in [0.15, 0.2) is 12.1 Å². The topological polar surface area (TPSA) is 12.0 Å². The summed E-state index contributed by atoms with van der Waals surface area (Å²) in [5.41, 5.74) is 0. The maximum absolute atomic E-state index is 5.94. The van der Waals surface area contributed by atoms with Gasteiger partial charge in [-0.25, -0.2) is 0 Å². The summed E-state index contributed by atoms with van der Waals surface area (Å²) in [7, 11) is 0. The van der Waals surface area contributed by atoms with Crippen molar-refractivity contribution in [3.63, 3.8) is 0 Å². The number of hydrogen-bond acceptors (Lipinski definition) is 3. The lowest BCUT2D eigenvalue weighted by Gasteiger charge is -2.23. The lowest BCUT2D eigenvalue weighted by molar-refractivity contribution is 0.543. The molecule has 0 amide bonds. The molecule has 1 aromatic rings. The Bertz CT molecular complexity index is 321. The summed E-state index contributed by atoms with van der Waals surface area (Å²) in [5.74, 6) is 1.34. The summed E-state index contributed by atoms with van der Waals surface area (Å²) in [5, 5.41) is 4.42. The number of thiophene rings is 1. The molecule has 2 heterocycles. The van der Waals surface area contributed by atoms with Crippen LogP contribution in [-0.2, 0) is 0 Å². The van der Waals surface area contributed by atoms with Gasteiger partial charge in [0.1, 0.15) is 0 Å². The first-order valence-corrected chi connectivity index (χ1v) is 8.10. The molecular formula is C12H18ClNS2. The van der Waals surface area contributed by atoms with Crippen LogP contribution >= 0.6 is 34.7 Å². The highest BCUT2D eigenvalue weighted by Gasteiger charge is 2.15. The third kappa shape index (κ3) is 3.66. The number of halogens is 1. The predicted octanol–water partition coefficient (Wildman–Crippen LogP) is 4.34. The molecule has 2 rings (SSSR count). The SMILES string of the molecule is CC(NCC1CCCCS1)c1ccc(Cl)s1. The van der Waals surface area contributed by atoms with Crippen molar-refractivity contribution in [1.82, 2.24) is 5.32 Å². The van der Waals surface area contributed by atoms with Gasteiger partial charge in [0.15, 0.2) is 0 Å². The van der Waals surface area contributed by atoms with Crippen LogP contribution in [0.3, 0.4) is 0 Å². The fraction of sp³-hybridized carbons (Fsp3) is 0.667. The largest absolute Gasteiger partial charge is 0.308 e. The summed E-state index contributed by atoms with van der Waals surface area (Å²) in [6, 6.07) is 4.54. The number of hydrogen-bond donors (Lipinski definition) is 1. The van der Waals surface area contributed by atoms with E-state index in [0.29, 0.717) is 6.04 Å². The lowest BCUT2D eigenvalue weighted by Crippen LogP contribution is -2.28. The van der Waals surface area contributed by atoms with Crippen LogP contribution in [-0.4, -0.2) is 17.5 Å². The number of rotatable bonds is 4. The van der Waals surface area contributed by atoms with E-state index in [1.165, 1.54) is 29.9 Å². The van der Waals surface area contributed by atoms with E-state index in [2.05, 4.69) is 30.1 Å². The van der Waals surface area contributed by atoms with E-state index in [1.54, 1.807) is 11.3 Å². The first-order valence-electron chi connectivity index (χ1n) is 5.86. The van der Waals surface area contributed by atoms with Gasteiger partial charge in [0.2, 0.25) is 0 Å². The summed E-state index contributed by atoms with van der Waals surface area (Å²) < 4.78 is 0.885. The van der Waals surface area contributed by atoms with Crippen molar-refractivity contribution in [1.29, 1.82) is 0 Å². The van der Waals surface area contributed by atoms with Crippen molar-refractivity contribution >= 4 is 34.7 Å². The molecule has 2 unspecified atom stereocenters. The van der Waals surface area contributed by atoms with Gasteiger partial charge in [0, 0.05) is 22.7 Å². The van der Waals surface area contributed by atoms with Crippen molar-refractivity contribution in [2.45, 2.75) is 37.5 Å². The molecule has 16 heavy (non-hydrogen) atoms. The summed E-state index contributed by atoms with van der Waals surface area (Å²) in [6.07, 6.45) is 4.17. The Morgan fingerprint density at radius 1 is 1.50 bits per heavy atom. The maximum atomic E-state index is 5.94.